The van der Waals surface area contributed by atoms with Gasteiger partial charge in [0.05, 0.1) is 0 Å². The minimum Gasteiger partial charge on any atom is -0.334 e. The molecule has 0 spiro atoms. The van der Waals surface area contributed by atoms with Crippen molar-refractivity contribution in [2.24, 2.45) is 0 Å². The van der Waals surface area contributed by atoms with E-state index in [-0.39, 0.29) is 0 Å². The average Bonchev–Trinajstić information content (AvgIpc) is 3.03. The van der Waals surface area contributed by atoms with E-state index in [0.717, 1.165) is 35.4 Å². The highest BCUT2D eigenvalue weighted by Gasteiger charge is 2.13. The largest absolute Gasteiger partial charge is 0.334 e. The van der Waals surface area contributed by atoms with E-state index in [1.54, 1.807) is 0 Å². The maximum Gasteiger partial charge on any atom is 0.258 e. The van der Waals surface area contributed by atoms with Crippen LogP contribution in [0.3, 0.4) is 0 Å². The SMILES string of the molecule is CCc1cc(-c2nc(-c3cc(C)cc(C)c3)no2)cc(CC)n1. The third-order valence-electron chi connectivity index (χ3n) is 3.81. The maximum atomic E-state index is 5.49. The first-order valence-corrected chi connectivity index (χ1v) is 8.01. The summed E-state index contributed by atoms with van der Waals surface area (Å²) in [7, 11) is 0. The Bertz CT molecular complexity index is 794. The number of hydrogen-bond acceptors (Lipinski definition) is 4. The molecular weight excluding hydrogens is 286 g/mol. The van der Waals surface area contributed by atoms with E-state index in [9.17, 15) is 0 Å². The summed E-state index contributed by atoms with van der Waals surface area (Å²) in [6.45, 7) is 8.34. The standard InChI is InChI=1S/C19H21N3O/c1-5-16-10-15(11-17(6-2)20-16)19-21-18(22-23-19)14-8-12(3)7-13(4)9-14/h7-11H,5-6H2,1-4H3. The molecule has 0 bridgehead atoms. The Kier molecular flexibility index (Phi) is 4.24. The van der Waals surface area contributed by atoms with E-state index in [4.69, 9.17) is 4.52 Å². The van der Waals surface area contributed by atoms with Gasteiger partial charge in [0.15, 0.2) is 0 Å². The second-order valence-electron chi connectivity index (χ2n) is 5.85. The Morgan fingerprint density at radius 3 is 1.96 bits per heavy atom. The molecule has 0 amide bonds. The van der Waals surface area contributed by atoms with Crippen molar-refractivity contribution in [3.63, 3.8) is 0 Å². The molecule has 0 saturated carbocycles. The van der Waals surface area contributed by atoms with Gasteiger partial charge in [-0.2, -0.15) is 4.98 Å². The number of hydrogen-bond donors (Lipinski definition) is 0. The van der Waals surface area contributed by atoms with Crippen LogP contribution in [0.4, 0.5) is 0 Å². The first-order chi connectivity index (χ1) is 11.1. The molecule has 0 radical (unpaired) electrons. The van der Waals surface area contributed by atoms with Crippen molar-refractivity contribution in [1.29, 1.82) is 0 Å². The third kappa shape index (κ3) is 3.31. The lowest BCUT2D eigenvalue weighted by atomic mass is 10.1. The monoisotopic (exact) mass is 307 g/mol. The summed E-state index contributed by atoms with van der Waals surface area (Å²) in [5, 5.41) is 4.15. The van der Waals surface area contributed by atoms with E-state index in [1.807, 2.05) is 12.1 Å². The van der Waals surface area contributed by atoms with Gasteiger partial charge in [0, 0.05) is 22.5 Å². The molecule has 3 aromatic rings. The Hall–Kier alpha value is -2.49. The average molecular weight is 307 g/mol. The Morgan fingerprint density at radius 1 is 0.783 bits per heavy atom. The van der Waals surface area contributed by atoms with Crippen molar-refractivity contribution in [1.82, 2.24) is 15.1 Å². The van der Waals surface area contributed by atoms with E-state index in [1.165, 1.54) is 11.1 Å². The zero-order chi connectivity index (χ0) is 16.4. The predicted molar refractivity (Wildman–Crippen MR) is 91.2 cm³/mol. The molecule has 1 aromatic carbocycles. The van der Waals surface area contributed by atoms with Gasteiger partial charge in [-0.3, -0.25) is 4.98 Å². The number of benzene rings is 1. The normalized spacial score (nSPS) is 11.0. The second-order valence-corrected chi connectivity index (χ2v) is 5.85. The van der Waals surface area contributed by atoms with Crippen molar-refractivity contribution >= 4 is 0 Å². The molecule has 0 atom stereocenters. The lowest BCUT2D eigenvalue weighted by Crippen LogP contribution is -1.95. The fourth-order valence-electron chi connectivity index (χ4n) is 2.70. The van der Waals surface area contributed by atoms with Crippen molar-refractivity contribution in [2.45, 2.75) is 40.5 Å². The van der Waals surface area contributed by atoms with Crippen LogP contribution in [0.25, 0.3) is 22.8 Å². The van der Waals surface area contributed by atoms with Gasteiger partial charge in [-0.1, -0.05) is 36.2 Å². The molecule has 2 heterocycles. The molecule has 0 unspecified atom stereocenters. The van der Waals surface area contributed by atoms with E-state index >= 15 is 0 Å². The smallest absolute Gasteiger partial charge is 0.258 e. The zero-order valence-electron chi connectivity index (χ0n) is 14.1. The van der Waals surface area contributed by atoms with Crippen LogP contribution in [0.5, 0.6) is 0 Å². The lowest BCUT2D eigenvalue weighted by Gasteiger charge is -2.03. The molecule has 3 rings (SSSR count). The number of pyridine rings is 1. The number of aromatic nitrogens is 3. The van der Waals surface area contributed by atoms with Gasteiger partial charge in [-0.25, -0.2) is 0 Å². The summed E-state index contributed by atoms with van der Waals surface area (Å²) in [6, 6.07) is 10.3. The molecular formula is C19H21N3O. The fourth-order valence-corrected chi connectivity index (χ4v) is 2.70. The Labute approximate surface area is 136 Å². The summed E-state index contributed by atoms with van der Waals surface area (Å²) in [6.07, 6.45) is 1.78. The number of nitrogens with zero attached hydrogens (tertiary/aromatic N) is 3. The minimum atomic E-state index is 0.547. The van der Waals surface area contributed by atoms with Crippen molar-refractivity contribution in [2.75, 3.05) is 0 Å². The van der Waals surface area contributed by atoms with Crippen LogP contribution in [0, 0.1) is 13.8 Å². The van der Waals surface area contributed by atoms with E-state index in [0.29, 0.717) is 11.7 Å². The summed E-state index contributed by atoms with van der Waals surface area (Å²) in [5.41, 5.74) is 6.40. The van der Waals surface area contributed by atoms with Gasteiger partial charge in [-0.05, 0) is 51.0 Å². The van der Waals surface area contributed by atoms with Gasteiger partial charge in [-0.15, -0.1) is 0 Å². The molecule has 0 N–H and O–H groups in total. The van der Waals surface area contributed by atoms with Crippen LogP contribution in [-0.4, -0.2) is 15.1 Å². The summed E-state index contributed by atoms with van der Waals surface area (Å²) < 4.78 is 5.49. The number of aryl methyl sites for hydroxylation is 4. The molecule has 4 heteroatoms. The van der Waals surface area contributed by atoms with Crippen LogP contribution < -0.4 is 0 Å². The van der Waals surface area contributed by atoms with Crippen LogP contribution in [-0.2, 0) is 12.8 Å². The van der Waals surface area contributed by atoms with E-state index in [2.05, 4.69) is 61.0 Å². The van der Waals surface area contributed by atoms with Crippen molar-refractivity contribution in [3.8, 4) is 22.8 Å². The molecule has 0 aliphatic rings. The highest BCUT2D eigenvalue weighted by atomic mass is 16.5. The maximum absolute atomic E-state index is 5.49. The van der Waals surface area contributed by atoms with Gasteiger partial charge in [0.2, 0.25) is 5.82 Å². The first kappa shape index (κ1) is 15.4. The van der Waals surface area contributed by atoms with Gasteiger partial charge >= 0.3 is 0 Å². The summed E-state index contributed by atoms with van der Waals surface area (Å²) >= 11 is 0. The summed E-state index contributed by atoms with van der Waals surface area (Å²) in [5.74, 6) is 1.17. The van der Waals surface area contributed by atoms with Crippen LogP contribution in [0.2, 0.25) is 0 Å². The Balaban J connectivity index is 2.02. The van der Waals surface area contributed by atoms with Crippen molar-refractivity contribution < 1.29 is 4.52 Å². The quantitative estimate of drug-likeness (QED) is 0.710. The molecule has 23 heavy (non-hydrogen) atoms. The molecule has 118 valence electrons. The molecule has 0 aliphatic carbocycles. The highest BCUT2D eigenvalue weighted by molar-refractivity contribution is 5.61. The topological polar surface area (TPSA) is 51.8 Å². The second kappa shape index (κ2) is 6.32. The van der Waals surface area contributed by atoms with Gasteiger partial charge in [0.1, 0.15) is 0 Å². The molecule has 0 saturated heterocycles. The predicted octanol–water partition coefficient (Wildman–Crippen LogP) is 4.54. The Morgan fingerprint density at radius 2 is 1.39 bits per heavy atom. The lowest BCUT2D eigenvalue weighted by molar-refractivity contribution is 0.432. The summed E-state index contributed by atoms with van der Waals surface area (Å²) in [4.78, 5) is 9.17. The van der Waals surface area contributed by atoms with Gasteiger partial charge < -0.3 is 4.52 Å². The molecule has 0 aliphatic heterocycles. The number of rotatable bonds is 4. The first-order valence-electron chi connectivity index (χ1n) is 8.01. The van der Waals surface area contributed by atoms with Gasteiger partial charge in [0.25, 0.3) is 5.89 Å². The highest BCUT2D eigenvalue weighted by Crippen LogP contribution is 2.25. The van der Waals surface area contributed by atoms with Crippen LogP contribution in [0.15, 0.2) is 34.9 Å². The van der Waals surface area contributed by atoms with Crippen molar-refractivity contribution in [3.05, 3.63) is 52.8 Å². The van der Waals surface area contributed by atoms with Crippen LogP contribution in [0.1, 0.15) is 36.4 Å². The van der Waals surface area contributed by atoms with E-state index < -0.39 is 0 Å². The fraction of sp³-hybridized carbons (Fsp3) is 0.316. The van der Waals surface area contributed by atoms with Crippen LogP contribution >= 0.6 is 0 Å². The minimum absolute atomic E-state index is 0.547. The third-order valence-corrected chi connectivity index (χ3v) is 3.81. The molecule has 4 nitrogen and oxygen atoms in total. The zero-order valence-corrected chi connectivity index (χ0v) is 14.1. The molecule has 2 aromatic heterocycles. The molecule has 0 fully saturated rings.